The second-order valence-electron chi connectivity index (χ2n) is 9.15. The lowest BCUT2D eigenvalue weighted by Gasteiger charge is -2.25. The Kier molecular flexibility index (Phi) is 6.73. The minimum atomic E-state index is -1.11. The van der Waals surface area contributed by atoms with Gasteiger partial charge in [0.15, 0.2) is 6.61 Å². The second kappa shape index (κ2) is 9.74. The number of nitrogens with zero attached hydrogens (tertiary/aromatic N) is 2. The minimum Gasteiger partial charge on any atom is -0.467 e. The lowest BCUT2D eigenvalue weighted by Crippen LogP contribution is -2.46. The maximum atomic E-state index is 13.1. The van der Waals surface area contributed by atoms with Crippen LogP contribution < -0.4 is 0 Å². The molecule has 0 bridgehead atoms. The Bertz CT molecular complexity index is 1250. The topological polar surface area (TPSA) is 98.8 Å². The molecule has 0 N–H and O–H groups in total. The van der Waals surface area contributed by atoms with Crippen molar-refractivity contribution in [3.8, 4) is 0 Å². The average molecular weight is 477 g/mol. The number of carbonyl (C=O) groups excluding carboxylic acids is 4. The Morgan fingerprint density at radius 2 is 1.66 bits per heavy atom. The summed E-state index contributed by atoms with van der Waals surface area (Å²) < 4.78 is 12.7. The SMILES string of the molecule is Cc1cc(C(=O)COC(=O)[C@H](CC(C)C)N2C(=O)c3ccccc3C2=O)c(C)n1Cc1ccco1. The number of benzene rings is 1. The number of amides is 2. The van der Waals surface area contributed by atoms with Gasteiger partial charge in [-0.3, -0.25) is 19.3 Å². The van der Waals surface area contributed by atoms with Crippen molar-refractivity contribution in [2.24, 2.45) is 5.92 Å². The van der Waals surface area contributed by atoms with Crippen molar-refractivity contribution in [1.29, 1.82) is 0 Å². The van der Waals surface area contributed by atoms with Crippen LogP contribution in [0, 0.1) is 19.8 Å². The van der Waals surface area contributed by atoms with Crippen LogP contribution in [-0.2, 0) is 16.1 Å². The van der Waals surface area contributed by atoms with Gasteiger partial charge >= 0.3 is 5.97 Å². The van der Waals surface area contributed by atoms with Crippen LogP contribution in [-0.4, -0.2) is 45.7 Å². The lowest BCUT2D eigenvalue weighted by atomic mass is 10.0. The van der Waals surface area contributed by atoms with Crippen LogP contribution in [0.5, 0.6) is 0 Å². The maximum Gasteiger partial charge on any atom is 0.329 e. The summed E-state index contributed by atoms with van der Waals surface area (Å²) in [7, 11) is 0. The summed E-state index contributed by atoms with van der Waals surface area (Å²) in [5.74, 6) is -1.42. The number of esters is 1. The number of furan rings is 1. The monoisotopic (exact) mass is 476 g/mol. The minimum absolute atomic E-state index is 0.00749. The van der Waals surface area contributed by atoms with Crippen molar-refractivity contribution in [1.82, 2.24) is 9.47 Å². The number of imide groups is 1. The second-order valence-corrected chi connectivity index (χ2v) is 9.15. The van der Waals surface area contributed by atoms with Crippen LogP contribution in [0.4, 0.5) is 0 Å². The Morgan fingerprint density at radius 3 is 2.23 bits per heavy atom. The molecule has 0 aliphatic carbocycles. The molecule has 0 saturated heterocycles. The molecule has 2 amide bonds. The number of hydrogen-bond donors (Lipinski definition) is 0. The number of rotatable bonds is 9. The number of carbonyl (C=O) groups is 4. The van der Waals surface area contributed by atoms with Gasteiger partial charge in [0.1, 0.15) is 11.8 Å². The van der Waals surface area contributed by atoms with Crippen molar-refractivity contribution in [2.45, 2.75) is 46.7 Å². The molecule has 1 aliphatic heterocycles. The van der Waals surface area contributed by atoms with Gasteiger partial charge in [-0.2, -0.15) is 0 Å². The van der Waals surface area contributed by atoms with Gasteiger partial charge < -0.3 is 13.7 Å². The van der Waals surface area contributed by atoms with Crippen molar-refractivity contribution >= 4 is 23.6 Å². The summed E-state index contributed by atoms with van der Waals surface area (Å²) in [6, 6.07) is 10.8. The first kappa shape index (κ1) is 24.2. The summed E-state index contributed by atoms with van der Waals surface area (Å²) in [4.78, 5) is 52.8. The standard InChI is InChI=1S/C27H28N2O6/c1-16(2)12-23(29-25(31)20-9-5-6-10-21(20)26(29)32)27(33)35-15-24(30)22-13-17(3)28(18(22)4)14-19-8-7-11-34-19/h5-11,13,16,23H,12,14-15H2,1-4H3/t23-/m0/s1. The summed E-state index contributed by atoms with van der Waals surface area (Å²) in [6.45, 7) is 7.48. The number of fused-ring (bicyclic) bond motifs is 1. The van der Waals surface area contributed by atoms with Gasteiger partial charge in [-0.1, -0.05) is 26.0 Å². The first-order valence-electron chi connectivity index (χ1n) is 11.5. The van der Waals surface area contributed by atoms with E-state index < -0.39 is 30.4 Å². The van der Waals surface area contributed by atoms with E-state index in [0.717, 1.165) is 22.0 Å². The molecule has 35 heavy (non-hydrogen) atoms. The molecule has 0 fully saturated rings. The van der Waals surface area contributed by atoms with E-state index in [1.54, 1.807) is 42.7 Å². The maximum absolute atomic E-state index is 13.1. The van der Waals surface area contributed by atoms with Crippen molar-refractivity contribution in [3.05, 3.63) is 82.6 Å². The van der Waals surface area contributed by atoms with Crippen LogP contribution in [0.1, 0.15) is 68.5 Å². The molecule has 1 aliphatic rings. The third-order valence-electron chi connectivity index (χ3n) is 6.22. The largest absolute Gasteiger partial charge is 0.467 e. The van der Waals surface area contributed by atoms with Gasteiger partial charge in [0.05, 0.1) is 23.9 Å². The number of aromatic nitrogens is 1. The molecule has 182 valence electrons. The number of Topliss-reactive ketones (excluding diaryl/α,β-unsaturated/α-hetero) is 1. The first-order valence-corrected chi connectivity index (χ1v) is 11.5. The third kappa shape index (κ3) is 4.69. The van der Waals surface area contributed by atoms with Gasteiger partial charge in [-0.25, -0.2) is 4.79 Å². The third-order valence-corrected chi connectivity index (χ3v) is 6.22. The van der Waals surface area contributed by atoms with Crippen LogP contribution in [0.3, 0.4) is 0 Å². The number of aryl methyl sites for hydroxylation is 1. The quantitative estimate of drug-likeness (QED) is 0.261. The molecule has 4 rings (SSSR count). The zero-order valence-electron chi connectivity index (χ0n) is 20.2. The highest BCUT2D eigenvalue weighted by atomic mass is 16.5. The van der Waals surface area contributed by atoms with Crippen LogP contribution in [0.2, 0.25) is 0 Å². The molecular weight excluding hydrogens is 448 g/mol. The highest BCUT2D eigenvalue weighted by molar-refractivity contribution is 6.22. The van der Waals surface area contributed by atoms with E-state index in [4.69, 9.17) is 9.15 Å². The first-order chi connectivity index (χ1) is 16.7. The number of ketones is 1. The van der Waals surface area contributed by atoms with E-state index in [0.29, 0.717) is 12.1 Å². The highest BCUT2D eigenvalue weighted by Gasteiger charge is 2.43. The van der Waals surface area contributed by atoms with Gasteiger partial charge in [0, 0.05) is 17.0 Å². The predicted octanol–water partition coefficient (Wildman–Crippen LogP) is 4.18. The van der Waals surface area contributed by atoms with Crippen molar-refractivity contribution in [3.63, 3.8) is 0 Å². The predicted molar refractivity (Wildman–Crippen MR) is 127 cm³/mol. The van der Waals surface area contributed by atoms with Gasteiger partial charge in [-0.05, 0) is 56.5 Å². The summed E-state index contributed by atoms with van der Waals surface area (Å²) >= 11 is 0. The zero-order chi connectivity index (χ0) is 25.3. The van der Waals surface area contributed by atoms with E-state index in [9.17, 15) is 19.2 Å². The molecule has 1 atom stereocenters. The summed E-state index contributed by atoms with van der Waals surface area (Å²) in [5, 5.41) is 0. The molecule has 3 heterocycles. The lowest BCUT2D eigenvalue weighted by molar-refractivity contribution is -0.147. The molecule has 8 nitrogen and oxygen atoms in total. The molecule has 0 radical (unpaired) electrons. The molecule has 8 heteroatoms. The van der Waals surface area contributed by atoms with Crippen LogP contribution in [0.25, 0.3) is 0 Å². The van der Waals surface area contributed by atoms with E-state index in [-0.39, 0.29) is 29.2 Å². The Morgan fingerprint density at radius 1 is 1.00 bits per heavy atom. The Hall–Kier alpha value is -3.94. The fourth-order valence-corrected chi connectivity index (χ4v) is 4.44. The van der Waals surface area contributed by atoms with Gasteiger partial charge in [0.2, 0.25) is 5.78 Å². The van der Waals surface area contributed by atoms with Crippen LogP contribution in [0.15, 0.2) is 53.1 Å². The summed E-state index contributed by atoms with van der Waals surface area (Å²) in [6.07, 6.45) is 1.83. The van der Waals surface area contributed by atoms with E-state index >= 15 is 0 Å². The fraction of sp³-hybridized carbons (Fsp3) is 0.333. The fourth-order valence-electron chi connectivity index (χ4n) is 4.44. The zero-order valence-corrected chi connectivity index (χ0v) is 20.2. The van der Waals surface area contributed by atoms with E-state index in [2.05, 4.69) is 0 Å². The van der Waals surface area contributed by atoms with Crippen molar-refractivity contribution < 1.29 is 28.3 Å². The highest BCUT2D eigenvalue weighted by Crippen LogP contribution is 2.27. The Labute approximate surface area is 203 Å². The molecule has 2 aromatic heterocycles. The number of hydrogen-bond acceptors (Lipinski definition) is 6. The van der Waals surface area contributed by atoms with E-state index in [1.807, 2.05) is 38.3 Å². The van der Waals surface area contributed by atoms with Gasteiger partial charge in [-0.15, -0.1) is 0 Å². The smallest absolute Gasteiger partial charge is 0.329 e. The molecular formula is C27H28N2O6. The number of ether oxygens (including phenoxy) is 1. The summed E-state index contributed by atoms with van der Waals surface area (Å²) in [5.41, 5.74) is 2.58. The van der Waals surface area contributed by atoms with Gasteiger partial charge in [0.25, 0.3) is 11.8 Å². The molecule has 0 spiro atoms. The molecule has 3 aromatic rings. The molecule has 0 saturated carbocycles. The molecule has 1 aromatic carbocycles. The van der Waals surface area contributed by atoms with Crippen LogP contribution >= 0.6 is 0 Å². The normalized spacial score (nSPS) is 13.9. The Balaban J connectivity index is 1.49. The van der Waals surface area contributed by atoms with Crippen molar-refractivity contribution in [2.75, 3.05) is 6.61 Å². The average Bonchev–Trinajstić information content (AvgIpc) is 3.51. The van der Waals surface area contributed by atoms with E-state index in [1.165, 1.54) is 0 Å². The molecule has 0 unspecified atom stereocenters.